The van der Waals surface area contributed by atoms with Crippen molar-refractivity contribution in [3.05, 3.63) is 59.1 Å². The van der Waals surface area contributed by atoms with Gasteiger partial charge in [0.05, 0.1) is 17.4 Å². The SMILES string of the molecule is CNc1ccc(-c2ccc(-c3cc[nH]c(=O)c3)c3cn[nH]c23)nn1. The lowest BCUT2D eigenvalue weighted by molar-refractivity contribution is 1.04. The largest absolute Gasteiger partial charge is 0.372 e. The third kappa shape index (κ3) is 2.32. The number of pyridine rings is 1. The summed E-state index contributed by atoms with van der Waals surface area (Å²) in [5.74, 6) is 0.708. The molecule has 4 rings (SSSR count). The molecule has 0 unspecified atom stereocenters. The molecule has 3 heterocycles. The molecule has 7 nitrogen and oxygen atoms in total. The monoisotopic (exact) mass is 318 g/mol. The second-order valence-corrected chi connectivity index (χ2v) is 5.31. The number of aromatic nitrogens is 5. The van der Waals surface area contributed by atoms with Gasteiger partial charge in [-0.05, 0) is 35.4 Å². The van der Waals surface area contributed by atoms with Crippen LogP contribution in [0.15, 0.2) is 53.6 Å². The minimum absolute atomic E-state index is 0.137. The summed E-state index contributed by atoms with van der Waals surface area (Å²) in [4.78, 5) is 14.2. The number of H-pyrrole nitrogens is 2. The van der Waals surface area contributed by atoms with Gasteiger partial charge in [-0.25, -0.2) is 0 Å². The molecule has 0 saturated carbocycles. The van der Waals surface area contributed by atoms with Crippen LogP contribution in [0.3, 0.4) is 0 Å². The molecule has 4 aromatic rings. The van der Waals surface area contributed by atoms with Gasteiger partial charge in [0.1, 0.15) is 5.82 Å². The van der Waals surface area contributed by atoms with E-state index in [1.54, 1.807) is 25.5 Å². The average Bonchev–Trinajstić information content (AvgIpc) is 3.11. The van der Waals surface area contributed by atoms with Crippen LogP contribution in [0.1, 0.15) is 0 Å². The van der Waals surface area contributed by atoms with Crippen LogP contribution in [-0.2, 0) is 0 Å². The van der Waals surface area contributed by atoms with E-state index in [1.807, 2.05) is 30.3 Å². The molecular weight excluding hydrogens is 304 g/mol. The van der Waals surface area contributed by atoms with E-state index in [9.17, 15) is 4.79 Å². The fourth-order valence-electron chi connectivity index (χ4n) is 2.72. The summed E-state index contributed by atoms with van der Waals surface area (Å²) in [5, 5.41) is 19.4. The highest BCUT2D eigenvalue weighted by Gasteiger charge is 2.12. The van der Waals surface area contributed by atoms with E-state index in [0.29, 0.717) is 5.82 Å². The fourth-order valence-corrected chi connectivity index (χ4v) is 2.72. The zero-order valence-corrected chi connectivity index (χ0v) is 12.9. The molecule has 0 atom stereocenters. The Bertz CT molecular complexity index is 1060. The van der Waals surface area contributed by atoms with Crippen molar-refractivity contribution >= 4 is 16.7 Å². The Labute approximate surface area is 136 Å². The van der Waals surface area contributed by atoms with Crippen molar-refractivity contribution in [3.8, 4) is 22.4 Å². The number of hydrogen-bond acceptors (Lipinski definition) is 5. The summed E-state index contributed by atoms with van der Waals surface area (Å²) >= 11 is 0. The topological polar surface area (TPSA) is 99.3 Å². The first kappa shape index (κ1) is 14.1. The Morgan fingerprint density at radius 3 is 2.67 bits per heavy atom. The third-order valence-corrected chi connectivity index (χ3v) is 3.90. The highest BCUT2D eigenvalue weighted by atomic mass is 16.1. The predicted octanol–water partition coefficient (Wildman–Crippen LogP) is 2.42. The maximum absolute atomic E-state index is 11.6. The summed E-state index contributed by atoms with van der Waals surface area (Å²) in [7, 11) is 1.80. The Balaban J connectivity index is 1.89. The van der Waals surface area contributed by atoms with Crippen molar-refractivity contribution in [1.82, 2.24) is 25.4 Å². The molecule has 118 valence electrons. The molecule has 0 saturated heterocycles. The van der Waals surface area contributed by atoms with Gasteiger partial charge in [-0.15, -0.1) is 10.2 Å². The zero-order chi connectivity index (χ0) is 16.5. The Hall–Kier alpha value is -3.48. The van der Waals surface area contributed by atoms with E-state index >= 15 is 0 Å². The maximum atomic E-state index is 11.6. The molecule has 0 aliphatic rings. The Morgan fingerprint density at radius 1 is 1.04 bits per heavy atom. The van der Waals surface area contributed by atoms with Crippen LogP contribution in [0.5, 0.6) is 0 Å². The Kier molecular flexibility index (Phi) is 3.31. The lowest BCUT2D eigenvalue weighted by Gasteiger charge is -2.07. The molecule has 0 radical (unpaired) electrons. The van der Waals surface area contributed by atoms with Crippen molar-refractivity contribution in [2.24, 2.45) is 0 Å². The van der Waals surface area contributed by atoms with E-state index in [2.05, 4.69) is 30.7 Å². The smallest absolute Gasteiger partial charge is 0.248 e. The van der Waals surface area contributed by atoms with E-state index < -0.39 is 0 Å². The number of nitrogens with one attached hydrogen (secondary N) is 3. The van der Waals surface area contributed by atoms with Gasteiger partial charge in [0.15, 0.2) is 0 Å². The minimum atomic E-state index is -0.137. The van der Waals surface area contributed by atoms with Crippen LogP contribution < -0.4 is 10.9 Å². The van der Waals surface area contributed by atoms with Gasteiger partial charge in [0.2, 0.25) is 5.56 Å². The van der Waals surface area contributed by atoms with Crippen molar-refractivity contribution in [3.63, 3.8) is 0 Å². The van der Waals surface area contributed by atoms with Crippen LogP contribution in [-0.4, -0.2) is 32.4 Å². The number of anilines is 1. The van der Waals surface area contributed by atoms with Gasteiger partial charge >= 0.3 is 0 Å². The van der Waals surface area contributed by atoms with Crippen LogP contribution in [0.2, 0.25) is 0 Å². The second-order valence-electron chi connectivity index (χ2n) is 5.31. The van der Waals surface area contributed by atoms with Gasteiger partial charge < -0.3 is 10.3 Å². The molecule has 0 amide bonds. The van der Waals surface area contributed by atoms with E-state index in [1.165, 1.54) is 0 Å². The third-order valence-electron chi connectivity index (χ3n) is 3.90. The predicted molar refractivity (Wildman–Crippen MR) is 92.7 cm³/mol. The summed E-state index contributed by atoms with van der Waals surface area (Å²) in [6.07, 6.45) is 3.39. The molecule has 0 aliphatic heterocycles. The second kappa shape index (κ2) is 5.62. The van der Waals surface area contributed by atoms with Crippen LogP contribution in [0, 0.1) is 0 Å². The molecule has 7 heteroatoms. The molecule has 24 heavy (non-hydrogen) atoms. The first-order chi connectivity index (χ1) is 11.8. The van der Waals surface area contributed by atoms with Crippen molar-refractivity contribution in [2.45, 2.75) is 0 Å². The molecule has 1 aromatic carbocycles. The zero-order valence-electron chi connectivity index (χ0n) is 12.9. The van der Waals surface area contributed by atoms with Gasteiger partial charge in [-0.3, -0.25) is 9.89 Å². The summed E-state index contributed by atoms with van der Waals surface area (Å²) in [6, 6.07) is 11.1. The molecule has 0 aliphatic carbocycles. The van der Waals surface area contributed by atoms with Crippen molar-refractivity contribution in [1.29, 1.82) is 0 Å². The number of benzene rings is 1. The maximum Gasteiger partial charge on any atom is 0.248 e. The fraction of sp³-hybridized carbons (Fsp3) is 0.0588. The number of aromatic amines is 2. The number of rotatable bonds is 3. The average molecular weight is 318 g/mol. The molecule has 3 N–H and O–H groups in total. The van der Waals surface area contributed by atoms with E-state index in [-0.39, 0.29) is 5.56 Å². The van der Waals surface area contributed by atoms with Gasteiger partial charge in [-0.1, -0.05) is 6.07 Å². The molecule has 0 spiro atoms. The van der Waals surface area contributed by atoms with Gasteiger partial charge in [-0.2, -0.15) is 5.10 Å². The standard InChI is InChI=1S/C17H14N6O/c1-18-15-5-4-14(21-22-15)12-3-2-11(13-9-20-23-17(12)13)10-6-7-19-16(24)8-10/h2-9H,1H3,(H,18,22)(H,19,24)(H,20,23). The number of nitrogens with zero attached hydrogens (tertiary/aromatic N) is 3. The van der Waals surface area contributed by atoms with Crippen molar-refractivity contribution < 1.29 is 0 Å². The van der Waals surface area contributed by atoms with Crippen molar-refractivity contribution in [2.75, 3.05) is 12.4 Å². The highest BCUT2D eigenvalue weighted by molar-refractivity contribution is 6.01. The summed E-state index contributed by atoms with van der Waals surface area (Å²) < 4.78 is 0. The van der Waals surface area contributed by atoms with Gasteiger partial charge in [0.25, 0.3) is 0 Å². The number of hydrogen-bond donors (Lipinski definition) is 3. The lowest BCUT2D eigenvalue weighted by Crippen LogP contribution is -2.02. The van der Waals surface area contributed by atoms with Crippen LogP contribution >= 0.6 is 0 Å². The first-order valence-electron chi connectivity index (χ1n) is 7.43. The quantitative estimate of drug-likeness (QED) is 0.539. The lowest BCUT2D eigenvalue weighted by atomic mass is 9.99. The molecule has 3 aromatic heterocycles. The number of fused-ring (bicyclic) bond motifs is 1. The van der Waals surface area contributed by atoms with E-state index in [0.717, 1.165) is 33.3 Å². The van der Waals surface area contributed by atoms with Gasteiger partial charge in [0, 0.05) is 30.3 Å². The van der Waals surface area contributed by atoms with Crippen LogP contribution in [0.25, 0.3) is 33.3 Å². The molecule has 0 fully saturated rings. The molecular formula is C17H14N6O. The minimum Gasteiger partial charge on any atom is -0.372 e. The Morgan fingerprint density at radius 2 is 1.92 bits per heavy atom. The normalized spacial score (nSPS) is 10.9. The molecule has 0 bridgehead atoms. The van der Waals surface area contributed by atoms with Crippen LogP contribution in [0.4, 0.5) is 5.82 Å². The summed E-state index contributed by atoms with van der Waals surface area (Å²) in [5.41, 5.74) is 4.16. The summed E-state index contributed by atoms with van der Waals surface area (Å²) in [6.45, 7) is 0. The van der Waals surface area contributed by atoms with E-state index in [4.69, 9.17) is 0 Å². The first-order valence-corrected chi connectivity index (χ1v) is 7.43. The highest BCUT2D eigenvalue weighted by Crippen LogP contribution is 2.33.